The topological polar surface area (TPSA) is 82.6 Å². The molecule has 1 aromatic carbocycles. The van der Waals surface area contributed by atoms with Crippen molar-refractivity contribution < 1.29 is 13.9 Å². The SMILES string of the molecule is CCN1C(=O)C(C)(C)Oc2cc(Nc3ncc(F)c(NC4CC(C)(C)N(C)C(C)(C)C4)n3)ccc21. The Morgan fingerprint density at radius 1 is 1.14 bits per heavy atom. The molecule has 3 heterocycles. The monoisotopic (exact) mass is 484 g/mol. The molecule has 0 aliphatic carbocycles. The van der Waals surface area contributed by atoms with Crippen molar-refractivity contribution in [1.82, 2.24) is 14.9 Å². The first kappa shape index (κ1) is 25.2. The fourth-order valence-electron chi connectivity index (χ4n) is 5.29. The number of nitrogens with zero attached hydrogens (tertiary/aromatic N) is 4. The van der Waals surface area contributed by atoms with Crippen LogP contribution in [-0.4, -0.2) is 57.1 Å². The van der Waals surface area contributed by atoms with Crippen molar-refractivity contribution in [1.29, 1.82) is 0 Å². The second kappa shape index (κ2) is 8.62. The maximum absolute atomic E-state index is 14.7. The summed E-state index contributed by atoms with van der Waals surface area (Å²) in [7, 11) is 2.14. The fourth-order valence-corrected chi connectivity index (χ4v) is 5.29. The lowest BCUT2D eigenvalue weighted by Crippen LogP contribution is -2.61. The van der Waals surface area contributed by atoms with E-state index in [9.17, 15) is 9.18 Å². The highest BCUT2D eigenvalue weighted by atomic mass is 19.1. The van der Waals surface area contributed by atoms with Crippen molar-refractivity contribution in [3.8, 4) is 5.75 Å². The molecular formula is C26H37FN6O2. The molecule has 2 aliphatic rings. The van der Waals surface area contributed by atoms with Gasteiger partial charge in [0.25, 0.3) is 5.91 Å². The van der Waals surface area contributed by atoms with Gasteiger partial charge in [0.2, 0.25) is 5.95 Å². The number of hydrogen-bond donors (Lipinski definition) is 2. The highest BCUT2D eigenvalue weighted by Crippen LogP contribution is 2.40. The molecule has 0 spiro atoms. The van der Waals surface area contributed by atoms with Gasteiger partial charge in [0, 0.05) is 35.4 Å². The van der Waals surface area contributed by atoms with Crippen molar-refractivity contribution in [3.63, 3.8) is 0 Å². The van der Waals surface area contributed by atoms with Gasteiger partial charge in [0.1, 0.15) is 5.75 Å². The second-order valence-electron chi connectivity index (χ2n) is 11.3. The Morgan fingerprint density at radius 3 is 2.43 bits per heavy atom. The molecule has 4 rings (SSSR count). The van der Waals surface area contributed by atoms with E-state index in [1.54, 1.807) is 18.7 Å². The van der Waals surface area contributed by atoms with Crippen LogP contribution < -0.4 is 20.3 Å². The number of anilines is 4. The van der Waals surface area contributed by atoms with Crippen molar-refractivity contribution in [2.45, 2.75) is 84.0 Å². The molecule has 2 aromatic rings. The lowest BCUT2D eigenvalue weighted by molar-refractivity contribution is -0.132. The molecule has 0 unspecified atom stereocenters. The number of hydrogen-bond acceptors (Lipinski definition) is 7. The molecule has 1 fully saturated rings. The van der Waals surface area contributed by atoms with Crippen molar-refractivity contribution in [2.75, 3.05) is 29.1 Å². The Balaban J connectivity index is 1.55. The van der Waals surface area contributed by atoms with Crippen LogP contribution in [0, 0.1) is 5.82 Å². The first-order valence-electron chi connectivity index (χ1n) is 12.2. The van der Waals surface area contributed by atoms with Crippen LogP contribution in [0.5, 0.6) is 5.75 Å². The van der Waals surface area contributed by atoms with E-state index in [4.69, 9.17) is 4.74 Å². The number of piperidine rings is 1. The van der Waals surface area contributed by atoms with Crippen LogP contribution in [0.15, 0.2) is 24.4 Å². The summed E-state index contributed by atoms with van der Waals surface area (Å²) in [6.45, 7) is 14.8. The van der Waals surface area contributed by atoms with E-state index in [1.165, 1.54) is 6.20 Å². The number of fused-ring (bicyclic) bond motifs is 1. The van der Waals surface area contributed by atoms with Gasteiger partial charge < -0.3 is 20.3 Å². The smallest absolute Gasteiger partial charge is 0.270 e. The molecule has 0 radical (unpaired) electrons. The van der Waals surface area contributed by atoms with Gasteiger partial charge >= 0.3 is 0 Å². The number of aromatic nitrogens is 2. The highest BCUT2D eigenvalue weighted by molar-refractivity contribution is 6.02. The fraction of sp³-hybridized carbons (Fsp3) is 0.577. The Bertz CT molecular complexity index is 1110. The standard InChI is InChI=1S/C26H37FN6O2/c1-9-33-19-11-10-16(12-20(19)35-26(6,7)22(33)34)30-23-28-15-18(27)21(31-23)29-17-13-24(2,3)32(8)25(4,5)14-17/h10-12,15,17H,9,13-14H2,1-8H3,(H2,28,29,30,31). The van der Waals surface area contributed by atoms with Gasteiger partial charge in [0.15, 0.2) is 17.2 Å². The third kappa shape index (κ3) is 4.78. The molecule has 2 N–H and O–H groups in total. The molecule has 1 aromatic heterocycles. The van der Waals surface area contributed by atoms with Gasteiger partial charge in [0.05, 0.1) is 11.9 Å². The molecule has 1 saturated heterocycles. The quantitative estimate of drug-likeness (QED) is 0.622. The Kier molecular flexibility index (Phi) is 6.20. The third-order valence-corrected chi connectivity index (χ3v) is 7.34. The van der Waals surface area contributed by atoms with E-state index >= 15 is 0 Å². The van der Waals surface area contributed by atoms with Gasteiger partial charge in [-0.15, -0.1) is 0 Å². The van der Waals surface area contributed by atoms with Gasteiger partial charge in [-0.3, -0.25) is 9.69 Å². The summed E-state index contributed by atoms with van der Waals surface area (Å²) in [5.74, 6) is 0.488. The number of likely N-dealkylation sites (N-methyl/N-ethyl adjacent to an activating group) is 1. The first-order valence-corrected chi connectivity index (χ1v) is 12.2. The van der Waals surface area contributed by atoms with Gasteiger partial charge in [-0.05, 0) is 80.5 Å². The van der Waals surface area contributed by atoms with E-state index < -0.39 is 11.4 Å². The zero-order valence-corrected chi connectivity index (χ0v) is 22.0. The van der Waals surface area contributed by atoms with Crippen LogP contribution in [-0.2, 0) is 4.79 Å². The summed E-state index contributed by atoms with van der Waals surface area (Å²) in [6, 6.07) is 5.55. The number of rotatable bonds is 5. The summed E-state index contributed by atoms with van der Waals surface area (Å²) in [5.41, 5.74) is 0.380. The van der Waals surface area contributed by atoms with Crippen LogP contribution in [0.1, 0.15) is 61.3 Å². The van der Waals surface area contributed by atoms with Crippen LogP contribution >= 0.6 is 0 Å². The average molecular weight is 485 g/mol. The number of benzene rings is 1. The van der Waals surface area contributed by atoms with Crippen molar-refractivity contribution in [3.05, 3.63) is 30.2 Å². The van der Waals surface area contributed by atoms with Crippen LogP contribution in [0.4, 0.5) is 27.5 Å². The summed E-state index contributed by atoms with van der Waals surface area (Å²) < 4.78 is 20.7. The maximum Gasteiger partial charge on any atom is 0.270 e. The number of halogens is 1. The normalized spacial score (nSPS) is 21.3. The molecule has 0 bridgehead atoms. The van der Waals surface area contributed by atoms with E-state index in [0.717, 1.165) is 18.5 Å². The molecule has 35 heavy (non-hydrogen) atoms. The van der Waals surface area contributed by atoms with E-state index in [1.807, 2.05) is 25.1 Å². The molecule has 190 valence electrons. The first-order chi connectivity index (χ1) is 16.2. The van der Waals surface area contributed by atoms with Crippen LogP contribution in [0.2, 0.25) is 0 Å². The lowest BCUT2D eigenvalue weighted by Gasteiger charge is -2.53. The Labute approximate surface area is 207 Å². The summed E-state index contributed by atoms with van der Waals surface area (Å²) in [6.07, 6.45) is 2.91. The predicted octanol–water partition coefficient (Wildman–Crippen LogP) is 4.95. The van der Waals surface area contributed by atoms with Gasteiger partial charge in [-0.1, -0.05) is 0 Å². The zero-order chi connectivity index (χ0) is 25.8. The number of ether oxygens (including phenoxy) is 1. The molecular weight excluding hydrogens is 447 g/mol. The molecule has 2 aliphatic heterocycles. The average Bonchev–Trinajstić information content (AvgIpc) is 2.75. The second-order valence-corrected chi connectivity index (χ2v) is 11.3. The number of nitrogens with one attached hydrogen (secondary N) is 2. The number of likely N-dealkylation sites (tertiary alicyclic amines) is 1. The molecule has 0 atom stereocenters. The van der Waals surface area contributed by atoms with Crippen molar-refractivity contribution in [2.24, 2.45) is 0 Å². The third-order valence-electron chi connectivity index (χ3n) is 7.34. The molecule has 8 nitrogen and oxygen atoms in total. The number of carbonyl (C=O) groups is 1. The Morgan fingerprint density at radius 2 is 1.80 bits per heavy atom. The summed E-state index contributed by atoms with van der Waals surface area (Å²) in [4.78, 5) is 25.3. The lowest BCUT2D eigenvalue weighted by atomic mass is 9.77. The minimum atomic E-state index is -0.958. The minimum absolute atomic E-state index is 0.0331. The molecule has 0 saturated carbocycles. The summed E-state index contributed by atoms with van der Waals surface area (Å²) in [5, 5.41) is 6.47. The van der Waals surface area contributed by atoms with Crippen molar-refractivity contribution >= 4 is 29.0 Å². The highest BCUT2D eigenvalue weighted by Gasteiger charge is 2.43. The number of carbonyl (C=O) groups excluding carboxylic acids is 1. The zero-order valence-electron chi connectivity index (χ0n) is 22.0. The van der Waals surface area contributed by atoms with E-state index in [2.05, 4.69) is 60.2 Å². The van der Waals surface area contributed by atoms with Crippen LogP contribution in [0.25, 0.3) is 0 Å². The largest absolute Gasteiger partial charge is 0.476 e. The van der Waals surface area contributed by atoms with E-state index in [0.29, 0.717) is 18.0 Å². The van der Waals surface area contributed by atoms with Gasteiger partial charge in [-0.2, -0.15) is 4.98 Å². The van der Waals surface area contributed by atoms with E-state index in [-0.39, 0.29) is 34.8 Å². The van der Waals surface area contributed by atoms with Gasteiger partial charge in [-0.25, -0.2) is 9.37 Å². The Hall–Kier alpha value is -2.94. The minimum Gasteiger partial charge on any atom is -0.476 e. The predicted molar refractivity (Wildman–Crippen MR) is 137 cm³/mol. The molecule has 1 amide bonds. The number of amides is 1. The van der Waals surface area contributed by atoms with Crippen LogP contribution in [0.3, 0.4) is 0 Å². The molecule has 9 heteroatoms. The maximum atomic E-state index is 14.7. The summed E-state index contributed by atoms with van der Waals surface area (Å²) >= 11 is 0.